The van der Waals surface area contributed by atoms with Crippen LogP contribution in [0.4, 0.5) is 0 Å². The molecule has 1 amide bonds. The van der Waals surface area contributed by atoms with E-state index in [0.29, 0.717) is 11.7 Å². The first-order valence-electron chi connectivity index (χ1n) is 9.46. The molecule has 1 atom stereocenters. The molecule has 0 spiro atoms. The van der Waals surface area contributed by atoms with Crippen LogP contribution in [0.5, 0.6) is 0 Å². The summed E-state index contributed by atoms with van der Waals surface area (Å²) in [6.45, 7) is 13.0. The molecule has 0 radical (unpaired) electrons. The summed E-state index contributed by atoms with van der Waals surface area (Å²) in [5.74, 6) is 1.38. The molecule has 0 aromatic carbocycles. The largest absolute Gasteiger partial charge is 0.355 e. The molecule has 1 aliphatic carbocycles. The second-order valence-corrected chi connectivity index (χ2v) is 8.71. The van der Waals surface area contributed by atoms with Crippen LogP contribution in [0.15, 0.2) is 0 Å². The van der Waals surface area contributed by atoms with Gasteiger partial charge in [0.2, 0.25) is 5.91 Å². The van der Waals surface area contributed by atoms with Crippen LogP contribution in [0.3, 0.4) is 0 Å². The average Bonchev–Trinajstić information content (AvgIpc) is 2.51. The Morgan fingerprint density at radius 2 is 1.57 bits per heavy atom. The Hall–Kier alpha value is -0.860. The first-order valence-corrected chi connectivity index (χ1v) is 9.46. The van der Waals surface area contributed by atoms with Gasteiger partial charge >= 0.3 is 0 Å². The van der Waals surface area contributed by atoms with Gasteiger partial charge in [-0.1, -0.05) is 48.0 Å². The molecule has 3 heteroatoms. The molecule has 1 saturated carbocycles. The van der Waals surface area contributed by atoms with Gasteiger partial charge in [0.05, 0.1) is 0 Å². The Bertz CT molecular complexity index is 402. The molecule has 1 unspecified atom stereocenters. The third kappa shape index (κ3) is 5.61. The summed E-state index contributed by atoms with van der Waals surface area (Å²) in [5.41, 5.74) is -0.455. The molecule has 1 aliphatic rings. The number of nitrogens with one attached hydrogen (secondary N) is 1. The van der Waals surface area contributed by atoms with Gasteiger partial charge in [0.25, 0.3) is 0 Å². The third-order valence-corrected chi connectivity index (χ3v) is 5.63. The van der Waals surface area contributed by atoms with E-state index in [1.165, 1.54) is 0 Å². The highest BCUT2D eigenvalue weighted by molar-refractivity contribution is 5.86. The Balaban J connectivity index is 2.46. The topological polar surface area (TPSA) is 46.2 Å². The van der Waals surface area contributed by atoms with Crippen molar-refractivity contribution in [3.05, 3.63) is 0 Å². The molecule has 0 bridgehead atoms. The molecule has 0 saturated heterocycles. The van der Waals surface area contributed by atoms with Crippen LogP contribution in [0, 0.1) is 22.7 Å². The highest BCUT2D eigenvalue weighted by Crippen LogP contribution is 2.38. The Morgan fingerprint density at radius 3 is 2.00 bits per heavy atom. The Labute approximate surface area is 143 Å². The summed E-state index contributed by atoms with van der Waals surface area (Å²) in [5, 5.41) is 3.07. The summed E-state index contributed by atoms with van der Waals surface area (Å²) >= 11 is 0. The van der Waals surface area contributed by atoms with E-state index in [-0.39, 0.29) is 22.7 Å². The monoisotopic (exact) mass is 323 g/mol. The quantitative estimate of drug-likeness (QED) is 0.735. The molecule has 134 valence electrons. The molecule has 3 nitrogen and oxygen atoms in total. The van der Waals surface area contributed by atoms with Crippen molar-refractivity contribution in [3.63, 3.8) is 0 Å². The highest BCUT2D eigenvalue weighted by Gasteiger charge is 2.37. The number of rotatable bonds is 7. The zero-order valence-corrected chi connectivity index (χ0v) is 16.1. The molecule has 0 heterocycles. The first-order chi connectivity index (χ1) is 10.6. The standard InChI is InChI=1S/C20H37NO2/c1-7-13-20(6,8-2)17(22)16-11-9-15(10-12-16)14-21-18(23)19(3,4)5/h15-16H,7-14H2,1-6H3,(H,21,23). The lowest BCUT2D eigenvalue weighted by Gasteiger charge is -2.35. The summed E-state index contributed by atoms with van der Waals surface area (Å²) in [6.07, 6.45) is 7.14. The van der Waals surface area contributed by atoms with Crippen molar-refractivity contribution in [2.45, 2.75) is 86.5 Å². The van der Waals surface area contributed by atoms with Crippen LogP contribution in [0.1, 0.15) is 86.5 Å². The zero-order chi connectivity index (χ0) is 17.7. The van der Waals surface area contributed by atoms with Crippen LogP contribution >= 0.6 is 0 Å². The molecular formula is C20H37NO2. The molecule has 0 aromatic rings. The van der Waals surface area contributed by atoms with Crippen molar-refractivity contribution in [3.8, 4) is 0 Å². The highest BCUT2D eigenvalue weighted by atomic mass is 16.2. The number of amides is 1. The van der Waals surface area contributed by atoms with Crippen molar-refractivity contribution in [1.29, 1.82) is 0 Å². The molecule has 1 fully saturated rings. The van der Waals surface area contributed by atoms with Crippen molar-refractivity contribution in [2.24, 2.45) is 22.7 Å². The second-order valence-electron chi connectivity index (χ2n) is 8.71. The first kappa shape index (κ1) is 20.2. The number of hydrogen-bond acceptors (Lipinski definition) is 2. The number of Topliss-reactive ketones (excluding diaryl/α,β-unsaturated/α-hetero) is 1. The SMILES string of the molecule is CCCC(C)(CC)C(=O)C1CCC(CNC(=O)C(C)(C)C)CC1. The van der Waals surface area contributed by atoms with E-state index in [0.717, 1.165) is 51.5 Å². The van der Waals surface area contributed by atoms with E-state index >= 15 is 0 Å². The van der Waals surface area contributed by atoms with Gasteiger partial charge in [-0.05, 0) is 44.4 Å². The van der Waals surface area contributed by atoms with Crippen molar-refractivity contribution < 1.29 is 9.59 Å². The van der Waals surface area contributed by atoms with Gasteiger partial charge in [0.15, 0.2) is 0 Å². The Kier molecular flexibility index (Phi) is 7.29. The van der Waals surface area contributed by atoms with E-state index in [2.05, 4.69) is 26.1 Å². The normalized spacial score (nSPS) is 24.8. The van der Waals surface area contributed by atoms with Crippen LogP contribution in [0.25, 0.3) is 0 Å². The molecule has 0 aliphatic heterocycles. The number of ketones is 1. The van der Waals surface area contributed by atoms with Gasteiger partial charge < -0.3 is 5.32 Å². The minimum absolute atomic E-state index is 0.122. The predicted molar refractivity (Wildman–Crippen MR) is 96.2 cm³/mol. The number of carbonyl (C=O) groups excluding carboxylic acids is 2. The minimum Gasteiger partial charge on any atom is -0.355 e. The fourth-order valence-electron chi connectivity index (χ4n) is 3.65. The van der Waals surface area contributed by atoms with Crippen molar-refractivity contribution >= 4 is 11.7 Å². The minimum atomic E-state index is -0.323. The lowest BCUT2D eigenvalue weighted by Crippen LogP contribution is -2.40. The number of hydrogen-bond donors (Lipinski definition) is 1. The zero-order valence-electron chi connectivity index (χ0n) is 16.1. The van der Waals surface area contributed by atoms with Gasteiger partial charge in [0.1, 0.15) is 5.78 Å². The molecule has 0 aromatic heterocycles. The molecule has 23 heavy (non-hydrogen) atoms. The lowest BCUT2D eigenvalue weighted by molar-refractivity contribution is -0.134. The summed E-state index contributed by atoms with van der Waals surface area (Å²) in [7, 11) is 0. The van der Waals surface area contributed by atoms with E-state index in [9.17, 15) is 9.59 Å². The maximum atomic E-state index is 12.9. The van der Waals surface area contributed by atoms with Crippen molar-refractivity contribution in [2.75, 3.05) is 6.54 Å². The summed E-state index contributed by atoms with van der Waals surface area (Å²) < 4.78 is 0. The smallest absolute Gasteiger partial charge is 0.225 e. The second kappa shape index (κ2) is 8.30. The van der Waals surface area contributed by atoms with Gasteiger partial charge in [0, 0.05) is 23.3 Å². The Morgan fingerprint density at radius 1 is 1.00 bits per heavy atom. The van der Waals surface area contributed by atoms with E-state index in [4.69, 9.17) is 0 Å². The maximum Gasteiger partial charge on any atom is 0.225 e. The van der Waals surface area contributed by atoms with E-state index in [1.807, 2.05) is 20.8 Å². The number of carbonyl (C=O) groups is 2. The van der Waals surface area contributed by atoms with Crippen LogP contribution in [0.2, 0.25) is 0 Å². The van der Waals surface area contributed by atoms with Gasteiger partial charge in [-0.2, -0.15) is 0 Å². The summed E-state index contributed by atoms with van der Waals surface area (Å²) in [6, 6.07) is 0. The fraction of sp³-hybridized carbons (Fsp3) is 0.900. The average molecular weight is 324 g/mol. The molecular weight excluding hydrogens is 286 g/mol. The van der Waals surface area contributed by atoms with Crippen LogP contribution in [-0.2, 0) is 9.59 Å². The van der Waals surface area contributed by atoms with E-state index in [1.54, 1.807) is 0 Å². The predicted octanol–water partition coefficient (Wildman–Crippen LogP) is 4.74. The van der Waals surface area contributed by atoms with Gasteiger partial charge in [-0.15, -0.1) is 0 Å². The van der Waals surface area contributed by atoms with E-state index < -0.39 is 0 Å². The van der Waals surface area contributed by atoms with Crippen molar-refractivity contribution in [1.82, 2.24) is 5.32 Å². The van der Waals surface area contributed by atoms with Crippen LogP contribution < -0.4 is 5.32 Å². The fourth-order valence-corrected chi connectivity index (χ4v) is 3.65. The maximum absolute atomic E-state index is 12.9. The van der Waals surface area contributed by atoms with Gasteiger partial charge in [-0.25, -0.2) is 0 Å². The lowest BCUT2D eigenvalue weighted by atomic mass is 9.69. The molecule has 1 rings (SSSR count). The summed E-state index contributed by atoms with van der Waals surface area (Å²) in [4.78, 5) is 24.8. The van der Waals surface area contributed by atoms with Crippen LogP contribution in [-0.4, -0.2) is 18.2 Å². The third-order valence-electron chi connectivity index (χ3n) is 5.63. The molecule has 1 N–H and O–H groups in total. The van der Waals surface area contributed by atoms with Gasteiger partial charge in [-0.3, -0.25) is 9.59 Å².